The van der Waals surface area contributed by atoms with Gasteiger partial charge in [-0.1, -0.05) is 28.1 Å². The Kier molecular flexibility index (Phi) is 5.86. The van der Waals surface area contributed by atoms with E-state index < -0.39 is 0 Å². The molecule has 0 atom stereocenters. The van der Waals surface area contributed by atoms with Crippen molar-refractivity contribution >= 4 is 15.9 Å². The fourth-order valence-electron chi connectivity index (χ4n) is 2.94. The molecule has 0 aliphatic heterocycles. The third kappa shape index (κ3) is 4.59. The Morgan fingerprint density at radius 2 is 1.79 bits per heavy atom. The lowest BCUT2D eigenvalue weighted by molar-refractivity contribution is 0.178. The molecule has 0 radical (unpaired) electrons. The Hall–Kier alpha value is -0.380. The fourth-order valence-corrected chi connectivity index (χ4v) is 3.21. The van der Waals surface area contributed by atoms with Gasteiger partial charge in [-0.15, -0.1) is 0 Å². The first-order valence-corrected chi connectivity index (χ1v) is 8.10. The summed E-state index contributed by atoms with van der Waals surface area (Å²) in [6.07, 6.45) is 6.47. The molecule has 1 aromatic carbocycles. The van der Waals surface area contributed by atoms with Crippen LogP contribution < -0.4 is 5.32 Å². The molecule has 19 heavy (non-hydrogen) atoms. The highest BCUT2D eigenvalue weighted by Crippen LogP contribution is 2.22. The van der Waals surface area contributed by atoms with Crippen molar-refractivity contribution in [1.29, 1.82) is 0 Å². The molecule has 2 nitrogen and oxygen atoms in total. The topological polar surface area (TPSA) is 15.3 Å². The average Bonchev–Trinajstić information content (AvgIpc) is 2.46. The van der Waals surface area contributed by atoms with Gasteiger partial charge in [-0.2, -0.15) is 0 Å². The second-order valence-corrected chi connectivity index (χ2v) is 6.57. The number of nitrogens with zero attached hydrogens (tertiary/aromatic N) is 1. The van der Waals surface area contributed by atoms with E-state index in [4.69, 9.17) is 0 Å². The zero-order valence-corrected chi connectivity index (χ0v) is 13.6. The lowest BCUT2D eigenvalue weighted by Crippen LogP contribution is -2.40. The third-order valence-electron chi connectivity index (χ3n) is 4.39. The molecule has 0 unspecified atom stereocenters. The van der Waals surface area contributed by atoms with E-state index in [0.717, 1.165) is 29.5 Å². The van der Waals surface area contributed by atoms with Crippen molar-refractivity contribution in [3.8, 4) is 0 Å². The van der Waals surface area contributed by atoms with Gasteiger partial charge in [0, 0.05) is 23.1 Å². The van der Waals surface area contributed by atoms with Crippen LogP contribution in [0.15, 0.2) is 28.7 Å². The van der Waals surface area contributed by atoms with E-state index in [1.165, 1.54) is 31.2 Å². The summed E-state index contributed by atoms with van der Waals surface area (Å²) in [5.74, 6) is 0. The predicted octanol–water partition coefficient (Wildman–Crippen LogP) is 3.45. The molecule has 0 heterocycles. The van der Waals surface area contributed by atoms with E-state index in [9.17, 15) is 0 Å². The normalized spacial score (nSPS) is 23.8. The molecule has 1 aromatic rings. The fraction of sp³-hybridized carbons (Fsp3) is 0.625. The van der Waals surface area contributed by atoms with E-state index in [2.05, 4.69) is 64.5 Å². The summed E-state index contributed by atoms with van der Waals surface area (Å²) in [4.78, 5) is 2.55. The summed E-state index contributed by atoms with van der Waals surface area (Å²) in [6.45, 7) is 1.16. The van der Waals surface area contributed by atoms with Crippen molar-refractivity contribution in [3.63, 3.8) is 0 Å². The number of rotatable bonds is 5. The summed E-state index contributed by atoms with van der Waals surface area (Å²) in [5, 5.41) is 3.40. The standard InChI is InChI=1S/C16H25BrN2/c1-18-15-7-9-16(10-8-15)19(2)12-11-13-3-5-14(17)6-4-13/h3-6,15-16,18H,7-12H2,1-2H3. The molecule has 0 spiro atoms. The quantitative estimate of drug-likeness (QED) is 0.892. The van der Waals surface area contributed by atoms with Crippen molar-refractivity contribution in [2.45, 2.75) is 44.2 Å². The predicted molar refractivity (Wildman–Crippen MR) is 85.6 cm³/mol. The number of hydrogen-bond donors (Lipinski definition) is 1. The second kappa shape index (κ2) is 7.41. The van der Waals surface area contributed by atoms with Gasteiger partial charge in [-0.3, -0.25) is 0 Å². The van der Waals surface area contributed by atoms with Gasteiger partial charge in [0.25, 0.3) is 0 Å². The molecule has 1 aliphatic rings. The molecule has 1 saturated carbocycles. The first-order chi connectivity index (χ1) is 9.19. The summed E-state index contributed by atoms with van der Waals surface area (Å²) in [5.41, 5.74) is 1.43. The molecule has 0 bridgehead atoms. The van der Waals surface area contributed by atoms with Gasteiger partial charge in [0.05, 0.1) is 0 Å². The Labute approximate surface area is 125 Å². The van der Waals surface area contributed by atoms with Crippen molar-refractivity contribution in [2.24, 2.45) is 0 Å². The molecule has 1 N–H and O–H groups in total. The van der Waals surface area contributed by atoms with Crippen molar-refractivity contribution in [2.75, 3.05) is 20.6 Å². The van der Waals surface area contributed by atoms with E-state index in [-0.39, 0.29) is 0 Å². The van der Waals surface area contributed by atoms with Crippen molar-refractivity contribution in [3.05, 3.63) is 34.3 Å². The van der Waals surface area contributed by atoms with Gasteiger partial charge in [-0.25, -0.2) is 0 Å². The molecule has 3 heteroatoms. The van der Waals surface area contributed by atoms with Crippen LogP contribution in [0.2, 0.25) is 0 Å². The largest absolute Gasteiger partial charge is 0.317 e. The van der Waals surface area contributed by atoms with E-state index >= 15 is 0 Å². The van der Waals surface area contributed by atoms with Crippen molar-refractivity contribution in [1.82, 2.24) is 10.2 Å². The average molecular weight is 325 g/mol. The van der Waals surface area contributed by atoms with Gasteiger partial charge in [0.15, 0.2) is 0 Å². The highest BCUT2D eigenvalue weighted by Gasteiger charge is 2.22. The van der Waals surface area contributed by atoms with E-state index in [0.29, 0.717) is 0 Å². The summed E-state index contributed by atoms with van der Waals surface area (Å²) in [7, 11) is 4.37. The lowest BCUT2D eigenvalue weighted by atomic mass is 9.90. The van der Waals surface area contributed by atoms with Gasteiger partial charge in [0.2, 0.25) is 0 Å². The van der Waals surface area contributed by atoms with Crippen LogP contribution in [0.1, 0.15) is 31.2 Å². The number of halogens is 1. The van der Waals surface area contributed by atoms with Gasteiger partial charge < -0.3 is 10.2 Å². The Balaban J connectivity index is 1.75. The van der Waals surface area contributed by atoms with Crippen LogP contribution in [-0.4, -0.2) is 37.6 Å². The molecular weight excluding hydrogens is 300 g/mol. The minimum Gasteiger partial charge on any atom is -0.317 e. The molecule has 1 aliphatic carbocycles. The molecule has 0 saturated heterocycles. The van der Waals surface area contributed by atoms with Gasteiger partial charge >= 0.3 is 0 Å². The minimum atomic E-state index is 0.746. The Bertz CT molecular complexity index is 369. The zero-order valence-electron chi connectivity index (χ0n) is 12.0. The van der Waals surface area contributed by atoms with E-state index in [1.54, 1.807) is 0 Å². The maximum Gasteiger partial charge on any atom is 0.0175 e. The summed E-state index contributed by atoms with van der Waals surface area (Å²) < 4.78 is 1.16. The zero-order chi connectivity index (χ0) is 13.7. The van der Waals surface area contributed by atoms with Crippen molar-refractivity contribution < 1.29 is 0 Å². The SMILES string of the molecule is CNC1CCC(N(C)CCc2ccc(Br)cc2)CC1. The molecule has 1 fully saturated rings. The van der Waals surface area contributed by atoms with Crippen LogP contribution in [0.5, 0.6) is 0 Å². The number of hydrogen-bond acceptors (Lipinski definition) is 2. The van der Waals surface area contributed by atoms with Crippen LogP contribution in [-0.2, 0) is 6.42 Å². The Morgan fingerprint density at radius 3 is 2.37 bits per heavy atom. The lowest BCUT2D eigenvalue weighted by Gasteiger charge is -2.34. The smallest absolute Gasteiger partial charge is 0.0175 e. The molecular formula is C16H25BrN2. The molecule has 0 aromatic heterocycles. The minimum absolute atomic E-state index is 0.746. The molecule has 0 amide bonds. The maximum atomic E-state index is 3.48. The first-order valence-electron chi connectivity index (χ1n) is 7.31. The number of likely N-dealkylation sites (N-methyl/N-ethyl adjacent to an activating group) is 1. The molecule has 2 rings (SSSR count). The monoisotopic (exact) mass is 324 g/mol. The first kappa shape index (κ1) is 15.0. The van der Waals surface area contributed by atoms with Crippen LogP contribution in [0.25, 0.3) is 0 Å². The van der Waals surface area contributed by atoms with Gasteiger partial charge in [0.1, 0.15) is 0 Å². The third-order valence-corrected chi connectivity index (χ3v) is 4.92. The van der Waals surface area contributed by atoms with Crippen LogP contribution in [0.3, 0.4) is 0 Å². The number of nitrogens with one attached hydrogen (secondary N) is 1. The van der Waals surface area contributed by atoms with Crippen LogP contribution >= 0.6 is 15.9 Å². The maximum absolute atomic E-state index is 3.48. The van der Waals surface area contributed by atoms with Crippen LogP contribution in [0, 0.1) is 0 Å². The number of benzene rings is 1. The molecule has 106 valence electrons. The summed E-state index contributed by atoms with van der Waals surface area (Å²) >= 11 is 3.48. The van der Waals surface area contributed by atoms with Gasteiger partial charge in [-0.05, 0) is 63.9 Å². The second-order valence-electron chi connectivity index (χ2n) is 5.65. The highest BCUT2D eigenvalue weighted by molar-refractivity contribution is 9.10. The van der Waals surface area contributed by atoms with Crippen LogP contribution in [0.4, 0.5) is 0 Å². The van der Waals surface area contributed by atoms with E-state index in [1.807, 2.05) is 0 Å². The Morgan fingerprint density at radius 1 is 1.16 bits per heavy atom. The summed E-state index contributed by atoms with van der Waals surface area (Å²) in [6, 6.07) is 10.2. The highest BCUT2D eigenvalue weighted by atomic mass is 79.9.